The van der Waals surface area contributed by atoms with E-state index in [0.29, 0.717) is 10.8 Å². The van der Waals surface area contributed by atoms with E-state index in [4.69, 9.17) is 11.6 Å². The molecule has 0 aliphatic rings. The first-order chi connectivity index (χ1) is 8.27. The van der Waals surface area contributed by atoms with E-state index >= 15 is 0 Å². The largest absolute Gasteiger partial charge is 0.293 e. The van der Waals surface area contributed by atoms with Gasteiger partial charge in [-0.15, -0.1) is 11.8 Å². The quantitative estimate of drug-likeness (QED) is 0.603. The monoisotopic (exact) mass is 262 g/mol. The van der Waals surface area contributed by atoms with Crippen molar-refractivity contribution in [1.29, 1.82) is 0 Å². The van der Waals surface area contributed by atoms with Crippen molar-refractivity contribution in [2.24, 2.45) is 0 Å². The van der Waals surface area contributed by atoms with E-state index in [1.54, 1.807) is 0 Å². The van der Waals surface area contributed by atoms with Crippen molar-refractivity contribution in [3.8, 4) is 0 Å². The van der Waals surface area contributed by atoms with Gasteiger partial charge in [0, 0.05) is 10.5 Å². The summed E-state index contributed by atoms with van der Waals surface area (Å²) in [5.74, 6) is 0.531. The summed E-state index contributed by atoms with van der Waals surface area (Å²) in [6.45, 7) is 0. The van der Waals surface area contributed by atoms with Crippen LogP contribution in [0.25, 0.3) is 0 Å². The van der Waals surface area contributed by atoms with Crippen LogP contribution in [0, 0.1) is 0 Å². The first-order valence-electron chi connectivity index (χ1n) is 5.23. The van der Waals surface area contributed by atoms with Crippen LogP contribution in [0.15, 0.2) is 59.5 Å². The molecule has 0 heterocycles. The Morgan fingerprint density at radius 1 is 1.00 bits per heavy atom. The van der Waals surface area contributed by atoms with E-state index in [2.05, 4.69) is 0 Å². The van der Waals surface area contributed by atoms with Gasteiger partial charge in [0.15, 0.2) is 5.78 Å². The van der Waals surface area contributed by atoms with Crippen LogP contribution in [0.1, 0.15) is 10.4 Å². The molecule has 0 saturated heterocycles. The van der Waals surface area contributed by atoms with Gasteiger partial charge in [0.2, 0.25) is 0 Å². The van der Waals surface area contributed by atoms with Crippen LogP contribution < -0.4 is 0 Å². The van der Waals surface area contributed by atoms with E-state index in [9.17, 15) is 4.79 Å². The molecule has 2 aromatic carbocycles. The Hall–Kier alpha value is -1.25. The summed E-state index contributed by atoms with van der Waals surface area (Å²) in [4.78, 5) is 12.8. The molecular formula is C14H11ClOS. The minimum absolute atomic E-state index is 0.121. The fourth-order valence-corrected chi connectivity index (χ4v) is 2.55. The van der Waals surface area contributed by atoms with Crippen molar-refractivity contribution < 1.29 is 4.79 Å². The topological polar surface area (TPSA) is 17.1 Å². The van der Waals surface area contributed by atoms with Crippen LogP contribution in [-0.4, -0.2) is 11.5 Å². The van der Waals surface area contributed by atoms with Gasteiger partial charge in [-0.25, -0.2) is 0 Å². The summed E-state index contributed by atoms with van der Waals surface area (Å²) in [6.07, 6.45) is 0. The third kappa shape index (κ3) is 3.35. The number of carbonyl (C=O) groups excluding carboxylic acids is 1. The zero-order valence-corrected chi connectivity index (χ0v) is 10.7. The van der Waals surface area contributed by atoms with Crippen molar-refractivity contribution >= 4 is 29.1 Å². The summed E-state index contributed by atoms with van der Waals surface area (Å²) in [5.41, 5.74) is 0.743. The molecule has 0 saturated carbocycles. The van der Waals surface area contributed by atoms with Gasteiger partial charge < -0.3 is 0 Å². The molecule has 2 aromatic rings. The van der Waals surface area contributed by atoms with Gasteiger partial charge in [-0.2, -0.15) is 0 Å². The number of halogens is 1. The number of rotatable bonds is 4. The first kappa shape index (κ1) is 12.2. The van der Waals surface area contributed by atoms with Gasteiger partial charge in [-0.3, -0.25) is 4.79 Å². The second-order valence-electron chi connectivity index (χ2n) is 3.51. The molecule has 0 aliphatic carbocycles. The SMILES string of the molecule is O=C(CSc1ccccc1Cl)c1ccccc1. The molecule has 0 fully saturated rings. The zero-order chi connectivity index (χ0) is 12.1. The summed E-state index contributed by atoms with van der Waals surface area (Å²) in [5, 5.41) is 0.693. The van der Waals surface area contributed by atoms with Gasteiger partial charge in [0.25, 0.3) is 0 Å². The van der Waals surface area contributed by atoms with Gasteiger partial charge >= 0.3 is 0 Å². The second-order valence-corrected chi connectivity index (χ2v) is 4.93. The molecule has 17 heavy (non-hydrogen) atoms. The number of thioether (sulfide) groups is 1. The highest BCUT2D eigenvalue weighted by molar-refractivity contribution is 8.00. The van der Waals surface area contributed by atoms with E-state index in [1.807, 2.05) is 54.6 Å². The molecule has 3 heteroatoms. The van der Waals surface area contributed by atoms with Gasteiger partial charge in [-0.1, -0.05) is 54.1 Å². The number of carbonyl (C=O) groups is 1. The van der Waals surface area contributed by atoms with Crippen LogP contribution in [0.5, 0.6) is 0 Å². The molecule has 0 radical (unpaired) electrons. The lowest BCUT2D eigenvalue weighted by atomic mass is 10.2. The van der Waals surface area contributed by atoms with Crippen LogP contribution in [0.3, 0.4) is 0 Å². The molecule has 2 rings (SSSR count). The second kappa shape index (κ2) is 5.89. The Balaban J connectivity index is 2.00. The average Bonchev–Trinajstić information content (AvgIpc) is 2.38. The number of benzene rings is 2. The molecule has 0 aliphatic heterocycles. The Kier molecular flexibility index (Phi) is 4.24. The minimum Gasteiger partial charge on any atom is -0.293 e. The van der Waals surface area contributed by atoms with Crippen molar-refractivity contribution in [3.05, 3.63) is 65.2 Å². The average molecular weight is 263 g/mol. The summed E-state index contributed by atoms with van der Waals surface area (Å²) in [6, 6.07) is 16.8. The molecule has 0 atom stereocenters. The Morgan fingerprint density at radius 2 is 1.65 bits per heavy atom. The standard InChI is InChI=1S/C14H11ClOS/c15-12-8-4-5-9-14(12)17-10-13(16)11-6-2-1-3-7-11/h1-9H,10H2. The van der Waals surface area contributed by atoms with Crippen LogP contribution in [0.2, 0.25) is 5.02 Å². The fraction of sp³-hybridized carbons (Fsp3) is 0.0714. The number of ketones is 1. The zero-order valence-electron chi connectivity index (χ0n) is 9.10. The third-order valence-electron chi connectivity index (χ3n) is 2.29. The predicted octanol–water partition coefficient (Wildman–Crippen LogP) is 4.32. The minimum atomic E-state index is 0.121. The van der Waals surface area contributed by atoms with Gasteiger partial charge in [0.1, 0.15) is 0 Å². The maximum Gasteiger partial charge on any atom is 0.173 e. The Bertz CT molecular complexity index is 511. The highest BCUT2D eigenvalue weighted by Crippen LogP contribution is 2.26. The van der Waals surface area contributed by atoms with E-state index in [-0.39, 0.29) is 5.78 Å². The Morgan fingerprint density at radius 3 is 2.35 bits per heavy atom. The van der Waals surface area contributed by atoms with Crippen molar-refractivity contribution in [2.45, 2.75) is 4.90 Å². The first-order valence-corrected chi connectivity index (χ1v) is 6.59. The van der Waals surface area contributed by atoms with E-state index < -0.39 is 0 Å². The highest BCUT2D eigenvalue weighted by atomic mass is 35.5. The molecule has 0 amide bonds. The normalized spacial score (nSPS) is 10.2. The fourth-order valence-electron chi connectivity index (χ4n) is 1.41. The van der Waals surface area contributed by atoms with E-state index in [1.165, 1.54) is 11.8 Å². The lowest BCUT2D eigenvalue weighted by Crippen LogP contribution is -2.01. The lowest BCUT2D eigenvalue weighted by Gasteiger charge is -2.03. The van der Waals surface area contributed by atoms with Crippen molar-refractivity contribution in [1.82, 2.24) is 0 Å². The molecule has 1 nitrogen and oxygen atoms in total. The number of hydrogen-bond donors (Lipinski definition) is 0. The molecular weight excluding hydrogens is 252 g/mol. The maximum atomic E-state index is 11.9. The Labute approximate surface area is 110 Å². The summed E-state index contributed by atoms with van der Waals surface area (Å²) in [7, 11) is 0. The van der Waals surface area contributed by atoms with Gasteiger partial charge in [0.05, 0.1) is 10.8 Å². The highest BCUT2D eigenvalue weighted by Gasteiger charge is 2.07. The van der Waals surface area contributed by atoms with Crippen LogP contribution >= 0.6 is 23.4 Å². The molecule has 0 unspecified atom stereocenters. The van der Waals surface area contributed by atoms with Crippen LogP contribution in [0.4, 0.5) is 0 Å². The number of hydrogen-bond acceptors (Lipinski definition) is 2. The molecule has 86 valence electrons. The van der Waals surface area contributed by atoms with Gasteiger partial charge in [-0.05, 0) is 12.1 Å². The van der Waals surface area contributed by atoms with Crippen LogP contribution in [-0.2, 0) is 0 Å². The third-order valence-corrected chi connectivity index (χ3v) is 3.81. The van der Waals surface area contributed by atoms with Crippen molar-refractivity contribution in [2.75, 3.05) is 5.75 Å². The molecule has 0 bridgehead atoms. The smallest absolute Gasteiger partial charge is 0.173 e. The predicted molar refractivity (Wildman–Crippen MR) is 72.9 cm³/mol. The van der Waals surface area contributed by atoms with Crippen molar-refractivity contribution in [3.63, 3.8) is 0 Å². The summed E-state index contributed by atoms with van der Waals surface area (Å²) >= 11 is 7.49. The molecule has 0 spiro atoms. The van der Waals surface area contributed by atoms with E-state index in [0.717, 1.165) is 10.5 Å². The summed E-state index contributed by atoms with van der Waals surface area (Å²) < 4.78 is 0. The number of Topliss-reactive ketones (excluding diaryl/α,β-unsaturated/α-hetero) is 1. The lowest BCUT2D eigenvalue weighted by molar-refractivity contribution is 0.102. The molecule has 0 N–H and O–H groups in total. The molecule has 0 aromatic heterocycles. The maximum absolute atomic E-state index is 11.9.